The molecule has 0 saturated heterocycles. The van der Waals surface area contributed by atoms with E-state index in [1.165, 1.54) is 7.11 Å². The number of hydrogen-bond donors (Lipinski definition) is 4. The Morgan fingerprint density at radius 2 is 1.69 bits per heavy atom. The summed E-state index contributed by atoms with van der Waals surface area (Å²) in [7, 11) is 1.25. The highest BCUT2D eigenvalue weighted by atomic mass is 16.6. The van der Waals surface area contributed by atoms with Crippen LogP contribution in [0.1, 0.15) is 72.8 Å². The third kappa shape index (κ3) is 12.4. The molecule has 1 aliphatic rings. The van der Waals surface area contributed by atoms with Gasteiger partial charge in [-0.2, -0.15) is 0 Å². The molecule has 14 nitrogen and oxygen atoms in total. The fourth-order valence-electron chi connectivity index (χ4n) is 4.92. The largest absolute Gasteiger partial charge is 0.467 e. The Labute approximate surface area is 281 Å². The fourth-order valence-corrected chi connectivity index (χ4v) is 4.92. The molecule has 14 heteroatoms. The maximum Gasteiger partial charge on any atom is 0.437 e. The van der Waals surface area contributed by atoms with Gasteiger partial charge in [-0.25, -0.2) is 14.4 Å². The summed E-state index contributed by atoms with van der Waals surface area (Å²) in [5.41, 5.74) is 0.227. The van der Waals surface area contributed by atoms with Crippen LogP contribution < -0.4 is 21.3 Å². The van der Waals surface area contributed by atoms with E-state index in [4.69, 9.17) is 14.2 Å². The average molecular weight is 669 g/mol. The molecular formula is C34H48N6O8. The first kappa shape index (κ1) is 37.6. The molecule has 0 radical (unpaired) electrons. The Bertz CT molecular complexity index is 1530. The predicted octanol–water partition coefficient (Wildman–Crippen LogP) is 3.86. The van der Waals surface area contributed by atoms with Gasteiger partial charge >= 0.3 is 18.2 Å². The number of rotatable bonds is 6. The van der Waals surface area contributed by atoms with E-state index in [2.05, 4.69) is 26.3 Å². The number of carbonyl (C=O) groups is 5. The van der Waals surface area contributed by atoms with Crippen LogP contribution in [0.15, 0.2) is 47.6 Å². The molecule has 0 spiro atoms. The van der Waals surface area contributed by atoms with Crippen molar-refractivity contribution in [3.8, 4) is 0 Å². The van der Waals surface area contributed by atoms with Gasteiger partial charge in [-0.1, -0.05) is 30.4 Å². The van der Waals surface area contributed by atoms with Gasteiger partial charge in [0.1, 0.15) is 23.3 Å². The van der Waals surface area contributed by atoms with Crippen LogP contribution in [0.2, 0.25) is 0 Å². The number of benzene rings is 1. The molecule has 3 rings (SSSR count). The number of aliphatic imine (C=N–C) groups is 1. The van der Waals surface area contributed by atoms with Crippen molar-refractivity contribution in [3.05, 3.63) is 48.2 Å². The van der Waals surface area contributed by atoms with Crippen molar-refractivity contribution in [1.82, 2.24) is 25.8 Å². The Balaban J connectivity index is 1.72. The second-order valence-corrected chi connectivity index (χ2v) is 13.4. The van der Waals surface area contributed by atoms with Crippen LogP contribution in [-0.4, -0.2) is 77.4 Å². The lowest BCUT2D eigenvalue weighted by atomic mass is 10.1. The summed E-state index contributed by atoms with van der Waals surface area (Å²) >= 11 is 0. The monoisotopic (exact) mass is 668 g/mol. The minimum atomic E-state index is -0.945. The van der Waals surface area contributed by atoms with Crippen molar-refractivity contribution in [3.63, 3.8) is 0 Å². The summed E-state index contributed by atoms with van der Waals surface area (Å²) in [6.07, 6.45) is 5.36. The first-order valence-corrected chi connectivity index (χ1v) is 16.0. The number of alkyl carbamates (subject to hydrolysis) is 1. The van der Waals surface area contributed by atoms with Gasteiger partial charge in [-0.3, -0.25) is 14.9 Å². The van der Waals surface area contributed by atoms with Crippen LogP contribution in [0.5, 0.6) is 0 Å². The maximum absolute atomic E-state index is 13.4. The highest BCUT2D eigenvalue weighted by Gasteiger charge is 2.27. The number of amides is 4. The van der Waals surface area contributed by atoms with E-state index in [9.17, 15) is 24.0 Å². The number of ether oxygens (including phenoxy) is 3. The van der Waals surface area contributed by atoms with E-state index in [1.54, 1.807) is 41.5 Å². The van der Waals surface area contributed by atoms with Crippen molar-refractivity contribution in [1.29, 1.82) is 0 Å². The second kappa shape index (κ2) is 16.8. The van der Waals surface area contributed by atoms with Gasteiger partial charge in [0.25, 0.3) is 0 Å². The topological polar surface area (TPSA) is 178 Å². The molecule has 4 N–H and O–H groups in total. The molecule has 2 aromatic rings. The van der Waals surface area contributed by atoms with Gasteiger partial charge in [0.2, 0.25) is 17.8 Å². The number of nitrogens with zero attached hydrogens (tertiary/aromatic N) is 2. The summed E-state index contributed by atoms with van der Waals surface area (Å²) < 4.78 is 17.5. The highest BCUT2D eigenvalue weighted by molar-refractivity contribution is 5.99. The molecule has 2 heterocycles. The molecule has 4 amide bonds. The normalized spacial score (nSPS) is 17.9. The van der Waals surface area contributed by atoms with Crippen LogP contribution in [0, 0.1) is 0 Å². The summed E-state index contributed by atoms with van der Waals surface area (Å²) in [6, 6.07) is 5.90. The number of unbranched alkanes of at least 4 members (excludes halogenated alkanes) is 1. The van der Waals surface area contributed by atoms with Crippen LogP contribution in [0.3, 0.4) is 0 Å². The molecule has 2 bridgehead atoms. The minimum absolute atomic E-state index is 0.0593. The van der Waals surface area contributed by atoms with E-state index >= 15 is 0 Å². The van der Waals surface area contributed by atoms with E-state index in [-0.39, 0.29) is 37.7 Å². The lowest BCUT2D eigenvalue weighted by molar-refractivity contribution is -0.145. The van der Waals surface area contributed by atoms with Crippen LogP contribution in [0.25, 0.3) is 10.9 Å². The molecule has 2 atom stereocenters. The molecule has 1 aliphatic heterocycles. The SMILES string of the molecule is COC(=O)[C@H]1CC=CCn2cc(c3ccccc32)CC(=O)N[C@@H](CCCCN/C(=N\C(=O)OC(C)(C)C)NC(=O)OC(C)(C)C)C(=O)N1. The number of guanidine groups is 1. The number of nitrogens with one attached hydrogen (secondary N) is 4. The van der Waals surface area contributed by atoms with Crippen molar-refractivity contribution < 1.29 is 38.2 Å². The zero-order valence-electron chi connectivity index (χ0n) is 28.8. The zero-order chi connectivity index (χ0) is 35.5. The summed E-state index contributed by atoms with van der Waals surface area (Å²) in [5, 5.41) is 11.9. The van der Waals surface area contributed by atoms with Gasteiger partial charge in [0.15, 0.2) is 0 Å². The molecule has 1 aromatic carbocycles. The lowest BCUT2D eigenvalue weighted by Gasteiger charge is -2.22. The van der Waals surface area contributed by atoms with Gasteiger partial charge in [0.05, 0.1) is 13.5 Å². The lowest BCUT2D eigenvalue weighted by Crippen LogP contribution is -2.52. The number of fused-ring (bicyclic) bond motifs is 5. The molecular weight excluding hydrogens is 620 g/mol. The molecule has 262 valence electrons. The van der Waals surface area contributed by atoms with Crippen molar-refractivity contribution in [2.45, 2.75) is 103 Å². The van der Waals surface area contributed by atoms with Crippen molar-refractivity contribution in [2.24, 2.45) is 4.99 Å². The first-order chi connectivity index (χ1) is 22.5. The number of allylic oxidation sites excluding steroid dienone is 1. The van der Waals surface area contributed by atoms with E-state index in [1.807, 2.05) is 47.2 Å². The Hall–Kier alpha value is -4.88. The fraction of sp³-hybridized carbons (Fsp3) is 0.529. The third-order valence-corrected chi connectivity index (χ3v) is 6.94. The molecule has 0 saturated carbocycles. The molecule has 0 fully saturated rings. The third-order valence-electron chi connectivity index (χ3n) is 6.94. The van der Waals surface area contributed by atoms with Gasteiger partial charge in [-0.15, -0.1) is 4.99 Å². The zero-order valence-corrected chi connectivity index (χ0v) is 28.8. The molecule has 1 aromatic heterocycles. The highest BCUT2D eigenvalue weighted by Crippen LogP contribution is 2.22. The van der Waals surface area contributed by atoms with Crippen LogP contribution >= 0.6 is 0 Å². The van der Waals surface area contributed by atoms with Crippen molar-refractivity contribution in [2.75, 3.05) is 13.7 Å². The van der Waals surface area contributed by atoms with E-state index in [0.29, 0.717) is 19.4 Å². The smallest absolute Gasteiger partial charge is 0.437 e. The Kier molecular flexibility index (Phi) is 13.1. The summed E-state index contributed by atoms with van der Waals surface area (Å²) in [6.45, 7) is 11.0. The molecule has 48 heavy (non-hydrogen) atoms. The van der Waals surface area contributed by atoms with Crippen LogP contribution in [0.4, 0.5) is 9.59 Å². The second-order valence-electron chi connectivity index (χ2n) is 13.4. The standard InChI is InChI=1S/C34H48N6O8/c1-33(2,3)47-31(44)38-30(39-32(45)48-34(4,5)6)35-18-12-10-15-24-28(42)37-25(29(43)46-7)16-11-13-19-40-21-22(20-27(41)36-24)23-14-8-9-17-26(23)40/h8-9,11,13-14,17,21,24-25H,10,12,15-16,18-20H2,1-7H3,(H,36,41)(H,37,42)(H2,35,38,39,44,45)/t24-,25+/m0/s1. The number of esters is 1. The average Bonchev–Trinajstić information content (AvgIpc) is 3.31. The summed E-state index contributed by atoms with van der Waals surface area (Å²) in [4.78, 5) is 67.8. The number of para-hydroxylation sites is 1. The predicted molar refractivity (Wildman–Crippen MR) is 180 cm³/mol. The first-order valence-electron chi connectivity index (χ1n) is 16.0. The maximum atomic E-state index is 13.4. The number of carbonyl (C=O) groups excluding carboxylic acids is 5. The van der Waals surface area contributed by atoms with Gasteiger partial charge in [0, 0.05) is 30.2 Å². The summed E-state index contributed by atoms with van der Waals surface area (Å²) in [5.74, 6) is -1.61. The minimum Gasteiger partial charge on any atom is -0.467 e. The quantitative estimate of drug-likeness (QED) is 0.0889. The molecule has 0 aliphatic carbocycles. The number of aromatic nitrogens is 1. The van der Waals surface area contributed by atoms with Crippen molar-refractivity contribution >= 4 is 46.8 Å². The number of hydrogen-bond acceptors (Lipinski definition) is 8. The van der Waals surface area contributed by atoms with Crippen LogP contribution in [-0.2, 0) is 41.6 Å². The van der Waals surface area contributed by atoms with E-state index < -0.39 is 47.3 Å². The number of methoxy groups -OCH3 is 1. The van der Waals surface area contributed by atoms with E-state index in [0.717, 1.165) is 16.5 Å². The molecule has 0 unspecified atom stereocenters. The van der Waals surface area contributed by atoms with Gasteiger partial charge < -0.3 is 34.7 Å². The van der Waals surface area contributed by atoms with Gasteiger partial charge in [-0.05, 0) is 78.9 Å². The Morgan fingerprint density at radius 1 is 0.979 bits per heavy atom. The Morgan fingerprint density at radius 3 is 2.38 bits per heavy atom.